The van der Waals surface area contributed by atoms with Gasteiger partial charge in [-0.3, -0.25) is 9.69 Å². The van der Waals surface area contributed by atoms with E-state index in [1.54, 1.807) is 6.20 Å². The molecule has 2 fully saturated rings. The van der Waals surface area contributed by atoms with Crippen molar-refractivity contribution < 1.29 is 4.79 Å². The van der Waals surface area contributed by atoms with Crippen LogP contribution in [0.1, 0.15) is 24.0 Å². The molecular weight excluding hydrogens is 436 g/mol. The van der Waals surface area contributed by atoms with E-state index >= 15 is 0 Å². The van der Waals surface area contributed by atoms with E-state index in [9.17, 15) is 4.79 Å². The highest BCUT2D eigenvalue weighted by Gasteiger charge is 2.32. The molecule has 7 heteroatoms. The molecule has 2 saturated heterocycles. The summed E-state index contributed by atoms with van der Waals surface area (Å²) in [4.78, 5) is 29.3. The summed E-state index contributed by atoms with van der Waals surface area (Å²) >= 11 is 0. The lowest BCUT2D eigenvalue weighted by Crippen LogP contribution is -2.52. The van der Waals surface area contributed by atoms with Gasteiger partial charge >= 0.3 is 0 Å². The van der Waals surface area contributed by atoms with Crippen LogP contribution >= 0.6 is 0 Å². The van der Waals surface area contributed by atoms with Gasteiger partial charge in [0.25, 0.3) is 0 Å². The minimum absolute atomic E-state index is 0.00161. The summed E-state index contributed by atoms with van der Waals surface area (Å²) in [6.07, 6.45) is 3.69. The number of aryl methyl sites for hydroxylation is 1. The predicted octanol–water partition coefficient (Wildman–Crippen LogP) is 4.09. The van der Waals surface area contributed by atoms with E-state index in [-0.39, 0.29) is 11.8 Å². The number of anilines is 3. The fourth-order valence-electron chi connectivity index (χ4n) is 4.94. The Morgan fingerprint density at radius 2 is 1.74 bits per heavy atom. The average molecular weight is 471 g/mol. The van der Waals surface area contributed by atoms with Crippen molar-refractivity contribution in [2.45, 2.75) is 26.3 Å². The standard InChI is InChI=1S/C28H34N6O/c1-22-9-11-25(12-10-22)30-26-13-14-29-28(31-26)34-15-5-8-24(21-34)27(35)33-18-16-32(17-19-33)20-23-6-3-2-4-7-23/h2-4,6-7,9-14,24H,5,8,15-21H2,1H3,(H,29,30,31). The maximum atomic E-state index is 13.4. The molecule has 3 aromatic rings. The molecule has 7 nitrogen and oxygen atoms in total. The molecule has 5 rings (SSSR count). The maximum absolute atomic E-state index is 13.4. The number of nitrogens with zero attached hydrogens (tertiary/aromatic N) is 5. The third kappa shape index (κ3) is 5.98. The zero-order valence-corrected chi connectivity index (χ0v) is 20.4. The number of amides is 1. The van der Waals surface area contributed by atoms with Crippen LogP contribution in [-0.4, -0.2) is 64.9 Å². The highest BCUT2D eigenvalue weighted by molar-refractivity contribution is 5.80. The maximum Gasteiger partial charge on any atom is 0.227 e. The second-order valence-electron chi connectivity index (χ2n) is 9.61. The van der Waals surface area contributed by atoms with Gasteiger partial charge in [0.05, 0.1) is 5.92 Å². The highest BCUT2D eigenvalue weighted by Crippen LogP contribution is 2.24. The van der Waals surface area contributed by atoms with Gasteiger partial charge in [-0.15, -0.1) is 0 Å². The van der Waals surface area contributed by atoms with Crippen molar-refractivity contribution in [3.05, 3.63) is 78.0 Å². The summed E-state index contributed by atoms with van der Waals surface area (Å²) in [5.41, 5.74) is 3.55. The van der Waals surface area contributed by atoms with Gasteiger partial charge in [-0.1, -0.05) is 48.0 Å². The zero-order valence-electron chi connectivity index (χ0n) is 20.4. The van der Waals surface area contributed by atoms with Crippen LogP contribution in [0, 0.1) is 12.8 Å². The topological polar surface area (TPSA) is 64.6 Å². The quantitative estimate of drug-likeness (QED) is 0.586. The van der Waals surface area contributed by atoms with Crippen molar-refractivity contribution in [2.24, 2.45) is 5.92 Å². The van der Waals surface area contributed by atoms with Crippen molar-refractivity contribution in [3.8, 4) is 0 Å². The summed E-state index contributed by atoms with van der Waals surface area (Å²) in [6.45, 7) is 8.03. The van der Waals surface area contributed by atoms with Crippen LogP contribution in [0.2, 0.25) is 0 Å². The lowest BCUT2D eigenvalue weighted by atomic mass is 9.96. The molecule has 0 aliphatic carbocycles. The summed E-state index contributed by atoms with van der Waals surface area (Å²) in [6, 6.07) is 20.7. The molecule has 0 saturated carbocycles. The zero-order chi connectivity index (χ0) is 24.0. The van der Waals surface area contributed by atoms with E-state index in [4.69, 9.17) is 4.98 Å². The Morgan fingerprint density at radius 1 is 0.971 bits per heavy atom. The number of nitrogens with one attached hydrogen (secondary N) is 1. The normalized spacial score (nSPS) is 18.9. The minimum Gasteiger partial charge on any atom is -0.340 e. The first-order valence-corrected chi connectivity index (χ1v) is 12.6. The average Bonchev–Trinajstić information content (AvgIpc) is 2.91. The van der Waals surface area contributed by atoms with Crippen molar-refractivity contribution in [3.63, 3.8) is 0 Å². The molecule has 0 bridgehead atoms. The molecule has 1 atom stereocenters. The second kappa shape index (κ2) is 10.9. The Balaban J connectivity index is 1.16. The van der Waals surface area contributed by atoms with Crippen LogP contribution in [0.15, 0.2) is 66.9 Å². The molecule has 0 spiro atoms. The van der Waals surface area contributed by atoms with Gasteiger partial charge in [0.1, 0.15) is 5.82 Å². The summed E-state index contributed by atoms with van der Waals surface area (Å²) in [5, 5.41) is 3.36. The lowest BCUT2D eigenvalue weighted by molar-refractivity contribution is -0.137. The molecule has 3 heterocycles. The van der Waals surface area contributed by atoms with E-state index in [0.29, 0.717) is 12.5 Å². The molecular formula is C28H34N6O. The van der Waals surface area contributed by atoms with Gasteiger partial charge in [0, 0.05) is 57.7 Å². The van der Waals surface area contributed by atoms with Crippen molar-refractivity contribution >= 4 is 23.4 Å². The molecule has 1 N–H and O–H groups in total. The van der Waals surface area contributed by atoms with E-state index in [0.717, 1.165) is 63.6 Å². The predicted molar refractivity (Wildman–Crippen MR) is 140 cm³/mol. The smallest absolute Gasteiger partial charge is 0.227 e. The number of hydrogen-bond acceptors (Lipinski definition) is 6. The number of piperazine rings is 1. The van der Waals surface area contributed by atoms with Crippen molar-refractivity contribution in [1.82, 2.24) is 19.8 Å². The number of benzene rings is 2. The third-order valence-electron chi connectivity index (χ3n) is 6.95. The first-order chi connectivity index (χ1) is 17.1. The van der Waals surface area contributed by atoms with Crippen LogP contribution < -0.4 is 10.2 Å². The SMILES string of the molecule is Cc1ccc(Nc2ccnc(N3CCCC(C(=O)N4CCN(Cc5ccccc5)CC4)C3)n2)cc1. The summed E-state index contributed by atoms with van der Waals surface area (Å²) in [7, 11) is 0. The second-order valence-corrected chi connectivity index (χ2v) is 9.61. The molecule has 2 aliphatic heterocycles. The number of aromatic nitrogens is 2. The summed E-state index contributed by atoms with van der Waals surface area (Å²) in [5.74, 6) is 1.74. The van der Waals surface area contributed by atoms with Crippen LogP contribution in [-0.2, 0) is 11.3 Å². The van der Waals surface area contributed by atoms with Gasteiger partial charge in [-0.25, -0.2) is 4.98 Å². The fraction of sp³-hybridized carbons (Fsp3) is 0.393. The van der Waals surface area contributed by atoms with E-state index in [1.807, 2.05) is 18.2 Å². The van der Waals surface area contributed by atoms with E-state index in [2.05, 4.69) is 74.4 Å². The number of hydrogen-bond donors (Lipinski definition) is 1. The van der Waals surface area contributed by atoms with Crippen LogP contribution in [0.3, 0.4) is 0 Å². The molecule has 0 radical (unpaired) electrons. The molecule has 182 valence electrons. The minimum atomic E-state index is 0.00161. The number of piperidine rings is 1. The van der Waals surface area contributed by atoms with Crippen molar-refractivity contribution in [2.75, 3.05) is 49.5 Å². The molecule has 2 aliphatic rings. The fourth-order valence-corrected chi connectivity index (χ4v) is 4.94. The number of carbonyl (C=O) groups is 1. The van der Waals surface area contributed by atoms with Crippen LogP contribution in [0.25, 0.3) is 0 Å². The first kappa shape index (κ1) is 23.3. The Hall–Kier alpha value is -3.45. The Morgan fingerprint density at radius 3 is 2.51 bits per heavy atom. The van der Waals surface area contributed by atoms with Gasteiger partial charge in [-0.2, -0.15) is 4.98 Å². The highest BCUT2D eigenvalue weighted by atomic mass is 16.2. The van der Waals surface area contributed by atoms with E-state index in [1.165, 1.54) is 11.1 Å². The van der Waals surface area contributed by atoms with Crippen LogP contribution in [0.4, 0.5) is 17.5 Å². The molecule has 1 aromatic heterocycles. The first-order valence-electron chi connectivity index (χ1n) is 12.6. The van der Waals surface area contributed by atoms with Gasteiger partial charge in [0.15, 0.2) is 0 Å². The molecule has 1 unspecified atom stereocenters. The molecule has 35 heavy (non-hydrogen) atoms. The lowest BCUT2D eigenvalue weighted by Gasteiger charge is -2.39. The van der Waals surface area contributed by atoms with Crippen molar-refractivity contribution in [1.29, 1.82) is 0 Å². The van der Waals surface area contributed by atoms with Gasteiger partial charge < -0.3 is 15.1 Å². The molecule has 2 aromatic carbocycles. The number of rotatable bonds is 6. The Bertz CT molecular complexity index is 1110. The molecule has 1 amide bonds. The third-order valence-corrected chi connectivity index (χ3v) is 6.95. The Labute approximate surface area is 207 Å². The largest absolute Gasteiger partial charge is 0.340 e. The number of carbonyl (C=O) groups excluding carboxylic acids is 1. The van der Waals surface area contributed by atoms with Crippen LogP contribution in [0.5, 0.6) is 0 Å². The van der Waals surface area contributed by atoms with Gasteiger partial charge in [-0.05, 0) is 43.5 Å². The van der Waals surface area contributed by atoms with E-state index < -0.39 is 0 Å². The van der Waals surface area contributed by atoms with Gasteiger partial charge in [0.2, 0.25) is 11.9 Å². The monoisotopic (exact) mass is 470 g/mol. The Kier molecular flexibility index (Phi) is 7.23. The summed E-state index contributed by atoms with van der Waals surface area (Å²) < 4.78 is 0.